The van der Waals surface area contributed by atoms with Crippen LogP contribution in [0.2, 0.25) is 0 Å². The maximum atomic E-state index is 12.5. The molecule has 1 heterocycles. The van der Waals surface area contributed by atoms with Crippen molar-refractivity contribution in [2.75, 3.05) is 18.4 Å². The van der Waals surface area contributed by atoms with Gasteiger partial charge in [-0.25, -0.2) is 4.39 Å². The molecule has 1 fully saturated rings. The number of aryl methyl sites for hydroxylation is 1. The zero-order chi connectivity index (χ0) is 23.0. The standard InChI is InChI=1S/C17H25N5.C7H7FS/c1-17(2)6-12(11-22-17)10-21-16-4-3-13(5-14(16)7-18)15(8-19)9-20;1-5-4-6(9)2-3-7(5)8/h3-5,7-9,12,18-19,21-22H,6,10-11,20H2,1-2H3;2-4,9H,1H3/b15-9+,18-7?,19-8?;. The number of hydrogen-bond acceptors (Lipinski definition) is 6. The third kappa shape index (κ3) is 7.22. The van der Waals surface area contributed by atoms with Crippen molar-refractivity contribution in [2.45, 2.75) is 37.6 Å². The van der Waals surface area contributed by atoms with E-state index in [2.05, 4.69) is 37.1 Å². The minimum Gasteiger partial charge on any atom is -0.404 e. The molecule has 31 heavy (non-hydrogen) atoms. The number of rotatable bonds is 6. The Labute approximate surface area is 189 Å². The molecule has 1 unspecified atom stereocenters. The minimum absolute atomic E-state index is 0.173. The first kappa shape index (κ1) is 24.6. The molecule has 0 saturated carbocycles. The van der Waals surface area contributed by atoms with E-state index in [1.54, 1.807) is 19.1 Å². The van der Waals surface area contributed by atoms with Gasteiger partial charge in [-0.05, 0) is 74.6 Å². The van der Waals surface area contributed by atoms with Crippen LogP contribution in [0.15, 0.2) is 47.5 Å². The van der Waals surface area contributed by atoms with E-state index in [-0.39, 0.29) is 11.4 Å². The van der Waals surface area contributed by atoms with Crippen molar-refractivity contribution in [1.82, 2.24) is 5.32 Å². The first-order valence-electron chi connectivity index (χ1n) is 10.2. The van der Waals surface area contributed by atoms with E-state index in [0.29, 0.717) is 17.1 Å². The van der Waals surface area contributed by atoms with Crippen LogP contribution in [0.3, 0.4) is 0 Å². The van der Waals surface area contributed by atoms with Gasteiger partial charge in [0, 0.05) is 59.0 Å². The number of nitrogens with one attached hydrogen (secondary N) is 4. The second-order valence-corrected chi connectivity index (χ2v) is 8.88. The fraction of sp³-hybridized carbons (Fsp3) is 0.333. The molecule has 1 saturated heterocycles. The van der Waals surface area contributed by atoms with Crippen molar-refractivity contribution in [3.05, 3.63) is 65.1 Å². The topological polar surface area (TPSA) is 97.8 Å². The van der Waals surface area contributed by atoms with Crippen molar-refractivity contribution >= 4 is 36.3 Å². The molecule has 6 N–H and O–H groups in total. The van der Waals surface area contributed by atoms with E-state index in [4.69, 9.17) is 16.6 Å². The Morgan fingerprint density at radius 2 is 2.03 bits per heavy atom. The highest BCUT2D eigenvalue weighted by atomic mass is 32.1. The molecule has 2 aromatic carbocycles. The highest BCUT2D eigenvalue weighted by molar-refractivity contribution is 7.80. The van der Waals surface area contributed by atoms with Gasteiger partial charge in [0.25, 0.3) is 0 Å². The molecule has 1 aliphatic heterocycles. The third-order valence-corrected chi connectivity index (χ3v) is 5.54. The average Bonchev–Trinajstić information content (AvgIpc) is 3.10. The van der Waals surface area contributed by atoms with Gasteiger partial charge in [0.05, 0.1) is 0 Å². The summed E-state index contributed by atoms with van der Waals surface area (Å²) < 4.78 is 12.5. The van der Waals surface area contributed by atoms with Crippen LogP contribution >= 0.6 is 12.6 Å². The second kappa shape index (κ2) is 11.1. The summed E-state index contributed by atoms with van der Waals surface area (Å²) in [6.07, 6.45) is 5.12. The van der Waals surface area contributed by atoms with Gasteiger partial charge in [-0.2, -0.15) is 0 Å². The Hall–Kier alpha value is -2.64. The van der Waals surface area contributed by atoms with E-state index in [1.807, 2.05) is 18.2 Å². The lowest BCUT2D eigenvalue weighted by Gasteiger charge is -2.18. The Balaban J connectivity index is 0.000000316. The molecule has 0 spiro atoms. The van der Waals surface area contributed by atoms with Crippen molar-refractivity contribution < 1.29 is 4.39 Å². The lowest BCUT2D eigenvalue weighted by atomic mass is 9.97. The summed E-state index contributed by atoms with van der Waals surface area (Å²) in [6, 6.07) is 10.5. The van der Waals surface area contributed by atoms with E-state index in [0.717, 1.165) is 41.2 Å². The van der Waals surface area contributed by atoms with Crippen LogP contribution < -0.4 is 16.4 Å². The van der Waals surface area contributed by atoms with Crippen molar-refractivity contribution in [1.29, 1.82) is 10.8 Å². The Kier molecular flexibility index (Phi) is 8.83. The van der Waals surface area contributed by atoms with E-state index in [1.165, 1.54) is 24.7 Å². The maximum Gasteiger partial charge on any atom is 0.126 e. The van der Waals surface area contributed by atoms with Crippen molar-refractivity contribution in [3.8, 4) is 0 Å². The summed E-state index contributed by atoms with van der Waals surface area (Å²) in [6.45, 7) is 8.08. The number of halogens is 1. The van der Waals surface area contributed by atoms with Crippen LogP contribution in [0.4, 0.5) is 10.1 Å². The van der Waals surface area contributed by atoms with Crippen LogP contribution in [-0.2, 0) is 0 Å². The number of anilines is 1. The molecular formula is C24H32FN5S. The summed E-state index contributed by atoms with van der Waals surface area (Å²) in [5.41, 5.74) is 9.63. The highest BCUT2D eigenvalue weighted by Crippen LogP contribution is 2.25. The van der Waals surface area contributed by atoms with Gasteiger partial charge >= 0.3 is 0 Å². The monoisotopic (exact) mass is 441 g/mol. The summed E-state index contributed by atoms with van der Waals surface area (Å²) in [5.74, 6) is 0.419. The van der Waals surface area contributed by atoms with Gasteiger partial charge in [0.1, 0.15) is 5.82 Å². The highest BCUT2D eigenvalue weighted by Gasteiger charge is 2.29. The van der Waals surface area contributed by atoms with Crippen molar-refractivity contribution in [2.24, 2.45) is 11.7 Å². The van der Waals surface area contributed by atoms with Crippen molar-refractivity contribution in [3.63, 3.8) is 0 Å². The van der Waals surface area contributed by atoms with E-state index < -0.39 is 0 Å². The predicted molar refractivity (Wildman–Crippen MR) is 132 cm³/mol. The average molecular weight is 442 g/mol. The fourth-order valence-electron chi connectivity index (χ4n) is 3.56. The minimum atomic E-state index is -0.173. The van der Waals surface area contributed by atoms with Gasteiger partial charge in [-0.1, -0.05) is 6.07 Å². The summed E-state index contributed by atoms with van der Waals surface area (Å²) in [7, 11) is 0. The van der Waals surface area contributed by atoms with Gasteiger partial charge < -0.3 is 27.2 Å². The molecular weight excluding hydrogens is 409 g/mol. The smallest absolute Gasteiger partial charge is 0.126 e. The quantitative estimate of drug-likeness (QED) is 0.285. The lowest BCUT2D eigenvalue weighted by Crippen LogP contribution is -2.31. The first-order valence-corrected chi connectivity index (χ1v) is 10.6. The number of allylic oxidation sites excluding steroid dienone is 1. The van der Waals surface area contributed by atoms with Crippen LogP contribution in [0.5, 0.6) is 0 Å². The molecule has 0 aromatic heterocycles. The van der Waals surface area contributed by atoms with Gasteiger partial charge in [0.2, 0.25) is 0 Å². The molecule has 1 atom stereocenters. The molecule has 0 bridgehead atoms. The SMILES string of the molecule is CC1(C)CC(CNc2ccc(/C(C=N)=C/N)cc2C=N)CN1.Cc1cc(S)ccc1F. The zero-order valence-electron chi connectivity index (χ0n) is 18.3. The normalized spacial score (nSPS) is 17.5. The molecule has 5 nitrogen and oxygen atoms in total. The molecule has 0 aliphatic carbocycles. The predicted octanol–water partition coefficient (Wildman–Crippen LogP) is 4.86. The molecule has 0 amide bonds. The number of nitrogens with two attached hydrogens (primary N) is 1. The molecule has 7 heteroatoms. The number of thiol groups is 1. The molecule has 0 radical (unpaired) electrons. The van der Waals surface area contributed by atoms with Gasteiger partial charge in [0.15, 0.2) is 0 Å². The van der Waals surface area contributed by atoms with E-state index >= 15 is 0 Å². The third-order valence-electron chi connectivity index (χ3n) is 5.27. The van der Waals surface area contributed by atoms with Crippen LogP contribution in [0.1, 0.15) is 37.0 Å². The summed E-state index contributed by atoms with van der Waals surface area (Å²) >= 11 is 4.03. The first-order chi connectivity index (χ1) is 14.7. The Bertz CT molecular complexity index is 955. The zero-order valence-corrected chi connectivity index (χ0v) is 19.2. The van der Waals surface area contributed by atoms with Gasteiger partial charge in [-0.15, -0.1) is 12.6 Å². The maximum absolute atomic E-state index is 12.5. The lowest BCUT2D eigenvalue weighted by molar-refractivity contribution is 0.445. The summed E-state index contributed by atoms with van der Waals surface area (Å²) in [5, 5.41) is 21.9. The molecule has 2 aromatic rings. The molecule has 1 aliphatic rings. The molecule has 166 valence electrons. The number of benzene rings is 2. The van der Waals surface area contributed by atoms with Crippen LogP contribution in [-0.4, -0.2) is 31.1 Å². The Morgan fingerprint density at radius 1 is 1.29 bits per heavy atom. The number of hydrogen-bond donors (Lipinski definition) is 6. The molecule has 3 rings (SSSR count). The largest absolute Gasteiger partial charge is 0.404 e. The second-order valence-electron chi connectivity index (χ2n) is 8.36. The van der Waals surface area contributed by atoms with Crippen LogP contribution in [0.25, 0.3) is 5.57 Å². The Morgan fingerprint density at radius 3 is 2.55 bits per heavy atom. The fourth-order valence-corrected chi connectivity index (χ4v) is 3.83. The summed E-state index contributed by atoms with van der Waals surface area (Å²) in [4.78, 5) is 0.800. The van der Waals surface area contributed by atoms with E-state index in [9.17, 15) is 4.39 Å². The van der Waals surface area contributed by atoms with Crippen LogP contribution in [0, 0.1) is 29.5 Å². The van der Waals surface area contributed by atoms with Gasteiger partial charge in [-0.3, -0.25) is 0 Å².